The van der Waals surface area contributed by atoms with Crippen molar-refractivity contribution >= 4 is 22.9 Å². The first kappa shape index (κ1) is 14.5. The van der Waals surface area contributed by atoms with Crippen molar-refractivity contribution in [3.05, 3.63) is 40.1 Å². The van der Waals surface area contributed by atoms with Crippen LogP contribution in [0, 0.1) is 5.92 Å². The quantitative estimate of drug-likeness (QED) is 0.903. The van der Waals surface area contributed by atoms with Crippen LogP contribution in [0.2, 0.25) is 0 Å². The Balaban J connectivity index is 1.69. The van der Waals surface area contributed by atoms with Crippen molar-refractivity contribution in [2.45, 2.75) is 18.9 Å². The number of aliphatic hydroxyl groups is 1. The van der Waals surface area contributed by atoms with Gasteiger partial charge in [0, 0.05) is 11.6 Å². The molecule has 1 aliphatic heterocycles. The number of carbonyl (C=O) groups excluding carboxylic acids is 1. The number of hydrogen-bond acceptors (Lipinski definition) is 5. The average Bonchev–Trinajstić information content (AvgIpc) is 3.27. The number of nitrogens with one attached hydrogen (secondary N) is 1. The zero-order valence-corrected chi connectivity index (χ0v) is 13.3. The average molecular weight is 331 g/mol. The van der Waals surface area contributed by atoms with Gasteiger partial charge in [-0.2, -0.15) is 0 Å². The largest absolute Gasteiger partial charge is 0.486 e. The molecule has 1 saturated carbocycles. The second-order valence-electron chi connectivity index (χ2n) is 5.80. The molecule has 1 atom stereocenters. The number of carbonyl (C=O) groups is 1. The third-order valence-corrected chi connectivity index (χ3v) is 4.96. The van der Waals surface area contributed by atoms with Crippen molar-refractivity contribution in [3.8, 4) is 11.5 Å². The highest BCUT2D eigenvalue weighted by atomic mass is 32.1. The zero-order valence-electron chi connectivity index (χ0n) is 12.5. The van der Waals surface area contributed by atoms with Crippen LogP contribution in [0.4, 0.5) is 5.69 Å². The summed E-state index contributed by atoms with van der Waals surface area (Å²) in [5, 5.41) is 15.3. The van der Waals surface area contributed by atoms with E-state index in [1.165, 1.54) is 11.3 Å². The number of thiophene rings is 1. The highest BCUT2D eigenvalue weighted by Gasteiger charge is 2.33. The lowest BCUT2D eigenvalue weighted by Gasteiger charge is -2.23. The molecule has 1 fully saturated rings. The van der Waals surface area contributed by atoms with Gasteiger partial charge in [-0.25, -0.2) is 0 Å². The standard InChI is InChI=1S/C17H17NO4S/c19-16(10-3-4-10)11-8-13-14(22-6-5-21-13)9-12(11)18-17(20)15-2-1-7-23-15/h1-2,7-10,16,19H,3-6H2,(H,18,20)/t16-/m0/s1. The molecule has 5 nitrogen and oxygen atoms in total. The van der Waals surface area contributed by atoms with E-state index < -0.39 is 6.10 Å². The van der Waals surface area contributed by atoms with E-state index in [1.54, 1.807) is 18.2 Å². The van der Waals surface area contributed by atoms with E-state index in [4.69, 9.17) is 9.47 Å². The summed E-state index contributed by atoms with van der Waals surface area (Å²) in [6.07, 6.45) is 1.42. The van der Waals surface area contributed by atoms with Crippen LogP contribution in [0.1, 0.15) is 34.2 Å². The topological polar surface area (TPSA) is 67.8 Å². The Morgan fingerprint density at radius 2 is 2.00 bits per heavy atom. The highest BCUT2D eigenvalue weighted by Crippen LogP contribution is 2.46. The molecule has 2 N–H and O–H groups in total. The van der Waals surface area contributed by atoms with E-state index in [1.807, 2.05) is 11.4 Å². The molecule has 0 radical (unpaired) electrons. The van der Waals surface area contributed by atoms with E-state index in [0.29, 0.717) is 40.8 Å². The van der Waals surface area contributed by atoms with E-state index in [2.05, 4.69) is 5.32 Å². The summed E-state index contributed by atoms with van der Waals surface area (Å²) >= 11 is 1.38. The van der Waals surface area contributed by atoms with Gasteiger partial charge < -0.3 is 19.9 Å². The van der Waals surface area contributed by atoms with Crippen molar-refractivity contribution in [2.24, 2.45) is 5.92 Å². The Morgan fingerprint density at radius 1 is 1.26 bits per heavy atom. The smallest absolute Gasteiger partial charge is 0.265 e. The summed E-state index contributed by atoms with van der Waals surface area (Å²) in [6.45, 7) is 0.975. The predicted molar refractivity (Wildman–Crippen MR) is 87.4 cm³/mol. The highest BCUT2D eigenvalue weighted by molar-refractivity contribution is 7.12. The molecule has 0 saturated heterocycles. The third kappa shape index (κ3) is 2.92. The zero-order chi connectivity index (χ0) is 15.8. The van der Waals surface area contributed by atoms with E-state index >= 15 is 0 Å². The van der Waals surface area contributed by atoms with Crippen LogP contribution < -0.4 is 14.8 Å². The lowest BCUT2D eigenvalue weighted by Crippen LogP contribution is -2.18. The molecular weight excluding hydrogens is 314 g/mol. The number of amides is 1. The van der Waals surface area contributed by atoms with Gasteiger partial charge >= 0.3 is 0 Å². The van der Waals surface area contributed by atoms with E-state index in [-0.39, 0.29) is 11.8 Å². The monoisotopic (exact) mass is 331 g/mol. The molecule has 2 aromatic rings. The van der Waals surface area contributed by atoms with E-state index in [9.17, 15) is 9.90 Å². The third-order valence-electron chi connectivity index (χ3n) is 4.09. The van der Waals surface area contributed by atoms with Gasteiger partial charge in [-0.15, -0.1) is 11.3 Å². The summed E-state index contributed by atoms with van der Waals surface area (Å²) < 4.78 is 11.2. The number of fused-ring (bicyclic) bond motifs is 1. The van der Waals surface area contributed by atoms with Gasteiger partial charge in [-0.05, 0) is 36.3 Å². The van der Waals surface area contributed by atoms with Gasteiger partial charge in [0.2, 0.25) is 0 Å². The SMILES string of the molecule is O=C(Nc1cc2c(cc1[C@@H](O)C1CC1)OCCO2)c1cccs1. The molecule has 2 aliphatic rings. The lowest BCUT2D eigenvalue weighted by molar-refractivity contribution is 0.102. The summed E-state index contributed by atoms with van der Waals surface area (Å²) in [7, 11) is 0. The molecular formula is C17H17NO4S. The minimum Gasteiger partial charge on any atom is -0.486 e. The summed E-state index contributed by atoms with van der Waals surface area (Å²) in [5.41, 5.74) is 1.29. The summed E-state index contributed by atoms with van der Waals surface area (Å²) in [4.78, 5) is 13.0. The fraction of sp³-hybridized carbons (Fsp3) is 0.353. The minimum atomic E-state index is -0.593. The predicted octanol–water partition coefficient (Wildman–Crippen LogP) is 3.22. The molecule has 1 aromatic carbocycles. The van der Waals surface area contributed by atoms with Crippen molar-refractivity contribution < 1.29 is 19.4 Å². The van der Waals surface area contributed by atoms with E-state index in [0.717, 1.165) is 12.8 Å². The Bertz CT molecular complexity index is 724. The molecule has 6 heteroatoms. The van der Waals surface area contributed by atoms with Gasteiger partial charge in [-0.1, -0.05) is 6.07 Å². The molecule has 2 heterocycles. The van der Waals surface area contributed by atoms with Crippen LogP contribution in [0.25, 0.3) is 0 Å². The molecule has 1 aromatic heterocycles. The molecule has 1 amide bonds. The first-order chi connectivity index (χ1) is 11.2. The normalized spacial score (nSPS) is 17.6. The molecule has 23 heavy (non-hydrogen) atoms. The fourth-order valence-corrected chi connectivity index (χ4v) is 3.33. The number of hydrogen-bond donors (Lipinski definition) is 2. The van der Waals surface area contributed by atoms with Gasteiger partial charge in [0.1, 0.15) is 13.2 Å². The van der Waals surface area contributed by atoms with Gasteiger partial charge in [0.05, 0.1) is 16.7 Å². The fourth-order valence-electron chi connectivity index (χ4n) is 2.72. The second kappa shape index (κ2) is 5.86. The van der Waals surface area contributed by atoms with Gasteiger partial charge in [-0.3, -0.25) is 4.79 Å². The molecule has 1 aliphatic carbocycles. The molecule has 0 bridgehead atoms. The first-order valence-corrected chi connectivity index (χ1v) is 8.57. The number of ether oxygens (including phenoxy) is 2. The lowest BCUT2D eigenvalue weighted by atomic mass is 10.0. The van der Waals surface area contributed by atoms with Crippen molar-refractivity contribution in [1.29, 1.82) is 0 Å². The van der Waals surface area contributed by atoms with Gasteiger partial charge in [0.15, 0.2) is 11.5 Å². The Morgan fingerprint density at radius 3 is 2.65 bits per heavy atom. The molecule has 0 unspecified atom stereocenters. The van der Waals surface area contributed by atoms with Crippen LogP contribution in [0.5, 0.6) is 11.5 Å². The number of rotatable bonds is 4. The molecule has 120 valence electrons. The van der Waals surface area contributed by atoms with Crippen molar-refractivity contribution in [1.82, 2.24) is 0 Å². The summed E-state index contributed by atoms with van der Waals surface area (Å²) in [6, 6.07) is 7.15. The molecule has 0 spiro atoms. The number of aliphatic hydroxyl groups excluding tert-OH is 1. The van der Waals surface area contributed by atoms with Gasteiger partial charge in [0.25, 0.3) is 5.91 Å². The van der Waals surface area contributed by atoms with Crippen LogP contribution >= 0.6 is 11.3 Å². The van der Waals surface area contributed by atoms with Crippen LogP contribution in [-0.2, 0) is 0 Å². The first-order valence-electron chi connectivity index (χ1n) is 7.69. The maximum atomic E-state index is 12.3. The second-order valence-corrected chi connectivity index (χ2v) is 6.74. The Hall–Kier alpha value is -2.05. The minimum absolute atomic E-state index is 0.180. The van der Waals surface area contributed by atoms with Crippen molar-refractivity contribution in [3.63, 3.8) is 0 Å². The maximum absolute atomic E-state index is 12.3. The van der Waals surface area contributed by atoms with Crippen LogP contribution in [0.15, 0.2) is 29.6 Å². The Labute approximate surface area is 137 Å². The van der Waals surface area contributed by atoms with Crippen LogP contribution in [0.3, 0.4) is 0 Å². The number of benzene rings is 1. The number of anilines is 1. The summed E-state index contributed by atoms with van der Waals surface area (Å²) in [5.74, 6) is 1.31. The Kier molecular flexibility index (Phi) is 3.71. The maximum Gasteiger partial charge on any atom is 0.265 e. The van der Waals surface area contributed by atoms with Crippen molar-refractivity contribution in [2.75, 3.05) is 18.5 Å². The molecule has 4 rings (SSSR count). The van der Waals surface area contributed by atoms with Crippen LogP contribution in [-0.4, -0.2) is 24.2 Å².